The Kier molecular flexibility index (Phi) is 4.36. The largest absolute Gasteiger partial charge is 0.464 e. The molecule has 7 heteroatoms. The fourth-order valence-electron chi connectivity index (χ4n) is 6.97. The normalized spacial score (nSPS) is 45.5. The molecule has 4 fully saturated rings. The Morgan fingerprint density at radius 3 is 2.66 bits per heavy atom. The van der Waals surface area contributed by atoms with Crippen LogP contribution < -0.4 is 0 Å². The highest BCUT2D eigenvalue weighted by molar-refractivity contribution is 6.15. The van der Waals surface area contributed by atoms with Crippen molar-refractivity contribution in [3.05, 3.63) is 12.2 Å². The number of carbonyl (C=O) groups excluding carboxylic acids is 4. The first-order valence-electron chi connectivity index (χ1n) is 10.2. The van der Waals surface area contributed by atoms with Gasteiger partial charge >= 0.3 is 11.9 Å². The van der Waals surface area contributed by atoms with E-state index >= 15 is 0 Å². The molecule has 2 spiro atoms. The third kappa shape index (κ3) is 2.39. The maximum atomic E-state index is 13.3. The zero-order valence-electron chi connectivity index (χ0n) is 17.1. The highest BCUT2D eigenvalue weighted by atomic mass is 16.6. The summed E-state index contributed by atoms with van der Waals surface area (Å²) in [6, 6.07) is 0. The Labute approximate surface area is 169 Å². The van der Waals surface area contributed by atoms with Crippen LogP contribution in [0, 0.1) is 34.0 Å². The van der Waals surface area contributed by atoms with E-state index < -0.39 is 58.0 Å². The van der Waals surface area contributed by atoms with Crippen LogP contribution in [0.4, 0.5) is 0 Å². The number of fused-ring (bicyclic) bond motifs is 2. The van der Waals surface area contributed by atoms with Gasteiger partial charge in [-0.15, -0.1) is 0 Å². The lowest BCUT2D eigenvalue weighted by Crippen LogP contribution is -2.71. The highest BCUT2D eigenvalue weighted by Gasteiger charge is 2.76. The molecule has 0 unspecified atom stereocenters. The number of Topliss-reactive ketones (excluding diaryl/α,β-unsaturated/α-hetero) is 1. The van der Waals surface area contributed by atoms with Gasteiger partial charge in [0, 0.05) is 18.8 Å². The number of hydrogen-bond acceptors (Lipinski definition) is 7. The summed E-state index contributed by atoms with van der Waals surface area (Å²) in [5.74, 6) is -3.36. The minimum absolute atomic E-state index is 0.162. The third-order valence-corrected chi connectivity index (χ3v) is 8.11. The SMILES string of the molecule is C=C1C(=O)[C@@]23C[C@@H]1C[C@@H](O)[C@@H]2[C@@]1(COC3=O)[C@H](OC(C)=O)CCC(C)(C)[C@@H]1C=O. The van der Waals surface area contributed by atoms with Gasteiger partial charge in [-0.2, -0.15) is 0 Å². The van der Waals surface area contributed by atoms with Crippen molar-refractivity contribution in [3.8, 4) is 0 Å². The van der Waals surface area contributed by atoms with Crippen molar-refractivity contribution >= 4 is 24.0 Å². The van der Waals surface area contributed by atoms with Crippen LogP contribution in [-0.4, -0.2) is 47.9 Å². The summed E-state index contributed by atoms with van der Waals surface area (Å²) in [5, 5.41) is 11.2. The second-order valence-corrected chi connectivity index (χ2v) is 9.94. The van der Waals surface area contributed by atoms with Crippen molar-refractivity contribution < 1.29 is 33.8 Å². The van der Waals surface area contributed by atoms with Gasteiger partial charge in [-0.05, 0) is 42.6 Å². The molecule has 1 heterocycles. The Bertz CT molecular complexity index is 814. The maximum absolute atomic E-state index is 13.3. The van der Waals surface area contributed by atoms with Gasteiger partial charge in [0.1, 0.15) is 24.4 Å². The summed E-state index contributed by atoms with van der Waals surface area (Å²) in [6.07, 6.45) is 0.715. The van der Waals surface area contributed by atoms with Gasteiger partial charge in [0.15, 0.2) is 5.78 Å². The first kappa shape index (κ1) is 20.3. The number of carbonyl (C=O) groups is 4. The van der Waals surface area contributed by atoms with E-state index in [1.165, 1.54) is 6.92 Å². The molecule has 1 N–H and O–H groups in total. The third-order valence-electron chi connectivity index (χ3n) is 8.11. The van der Waals surface area contributed by atoms with Gasteiger partial charge in [0.05, 0.1) is 11.5 Å². The summed E-state index contributed by atoms with van der Waals surface area (Å²) >= 11 is 0. The van der Waals surface area contributed by atoms with Crippen LogP contribution in [0.1, 0.15) is 46.5 Å². The number of rotatable bonds is 2. The minimum atomic E-state index is -1.56. The van der Waals surface area contributed by atoms with E-state index in [1.54, 1.807) is 0 Å². The Morgan fingerprint density at radius 2 is 2.03 bits per heavy atom. The summed E-state index contributed by atoms with van der Waals surface area (Å²) in [5.41, 5.74) is -2.86. The maximum Gasteiger partial charge on any atom is 0.320 e. The zero-order chi connectivity index (χ0) is 21.4. The molecule has 7 atom stereocenters. The zero-order valence-corrected chi connectivity index (χ0v) is 17.1. The fraction of sp³-hybridized carbons (Fsp3) is 0.727. The van der Waals surface area contributed by atoms with E-state index in [1.807, 2.05) is 13.8 Å². The van der Waals surface area contributed by atoms with Crippen LogP contribution >= 0.6 is 0 Å². The summed E-state index contributed by atoms with van der Waals surface area (Å²) < 4.78 is 11.3. The molecule has 1 aliphatic heterocycles. The van der Waals surface area contributed by atoms with Gasteiger partial charge < -0.3 is 19.4 Å². The summed E-state index contributed by atoms with van der Waals surface area (Å²) in [6.45, 7) is 8.92. The van der Waals surface area contributed by atoms with Gasteiger partial charge in [0.25, 0.3) is 0 Å². The molecule has 4 rings (SSSR count). The van der Waals surface area contributed by atoms with Gasteiger partial charge in [-0.3, -0.25) is 14.4 Å². The van der Waals surface area contributed by atoms with E-state index in [0.29, 0.717) is 24.8 Å². The average molecular weight is 404 g/mol. The second kappa shape index (κ2) is 6.24. The smallest absolute Gasteiger partial charge is 0.320 e. The summed E-state index contributed by atoms with van der Waals surface area (Å²) in [4.78, 5) is 50.7. The Balaban J connectivity index is 1.96. The molecule has 0 aromatic heterocycles. The lowest BCUT2D eigenvalue weighted by atomic mass is 9.43. The predicted octanol–water partition coefficient (Wildman–Crippen LogP) is 1.61. The van der Waals surface area contributed by atoms with E-state index in [4.69, 9.17) is 9.47 Å². The molecular formula is C22H28O7. The quantitative estimate of drug-likeness (QED) is 0.322. The topological polar surface area (TPSA) is 107 Å². The van der Waals surface area contributed by atoms with Crippen molar-refractivity contribution in [1.82, 2.24) is 0 Å². The second-order valence-electron chi connectivity index (χ2n) is 9.94. The molecule has 3 saturated carbocycles. The fourth-order valence-corrected chi connectivity index (χ4v) is 6.97. The summed E-state index contributed by atoms with van der Waals surface area (Å²) in [7, 11) is 0. The lowest BCUT2D eigenvalue weighted by Gasteiger charge is -2.62. The number of aliphatic hydroxyl groups excluding tert-OH is 1. The standard InChI is InChI=1S/C22H28O7/c1-11-13-7-14(25)17-21(8-13,18(11)26)19(27)28-10-22(17)15(9-23)20(3,4)6-5-16(22)29-12(2)24/h9,13-17,25H,1,5-8,10H2,2-4H3/t13-,14+,15-,16+,17-,21+,22+/m0/s1. The number of hydrogen-bond donors (Lipinski definition) is 1. The molecule has 4 aliphatic rings. The van der Waals surface area contributed by atoms with Gasteiger partial charge in [-0.25, -0.2) is 0 Å². The van der Waals surface area contributed by atoms with Crippen LogP contribution in [0.25, 0.3) is 0 Å². The molecule has 29 heavy (non-hydrogen) atoms. The lowest BCUT2D eigenvalue weighted by molar-refractivity contribution is -0.253. The van der Waals surface area contributed by atoms with Crippen molar-refractivity contribution in [3.63, 3.8) is 0 Å². The van der Waals surface area contributed by atoms with Crippen LogP contribution in [0.5, 0.6) is 0 Å². The van der Waals surface area contributed by atoms with E-state index in [0.717, 1.165) is 6.29 Å². The van der Waals surface area contributed by atoms with Crippen molar-refractivity contribution in [1.29, 1.82) is 0 Å². The Morgan fingerprint density at radius 1 is 1.34 bits per heavy atom. The Hall–Kier alpha value is -2.02. The molecule has 0 radical (unpaired) electrons. The van der Waals surface area contributed by atoms with Crippen LogP contribution in [0.15, 0.2) is 12.2 Å². The van der Waals surface area contributed by atoms with Crippen LogP contribution in [0.3, 0.4) is 0 Å². The average Bonchev–Trinajstić information content (AvgIpc) is 2.83. The van der Waals surface area contributed by atoms with Crippen molar-refractivity contribution in [2.24, 2.45) is 34.0 Å². The molecular weight excluding hydrogens is 376 g/mol. The molecule has 2 bridgehead atoms. The molecule has 0 amide bonds. The van der Waals surface area contributed by atoms with E-state index in [-0.39, 0.29) is 18.9 Å². The minimum Gasteiger partial charge on any atom is -0.464 e. The number of esters is 2. The predicted molar refractivity (Wildman–Crippen MR) is 100 cm³/mol. The van der Waals surface area contributed by atoms with Crippen LogP contribution in [0.2, 0.25) is 0 Å². The molecule has 7 nitrogen and oxygen atoms in total. The molecule has 1 saturated heterocycles. The number of cyclic esters (lactones) is 1. The molecule has 0 aromatic rings. The van der Waals surface area contributed by atoms with Gasteiger partial charge in [0.2, 0.25) is 0 Å². The van der Waals surface area contributed by atoms with E-state index in [2.05, 4.69) is 6.58 Å². The number of ether oxygens (including phenoxy) is 2. The number of aliphatic hydroxyl groups is 1. The van der Waals surface area contributed by atoms with Crippen molar-refractivity contribution in [2.75, 3.05) is 6.61 Å². The molecule has 3 aliphatic carbocycles. The number of allylic oxidation sites excluding steroid dienone is 1. The molecule has 158 valence electrons. The number of aldehydes is 1. The highest BCUT2D eigenvalue weighted by Crippen LogP contribution is 2.68. The van der Waals surface area contributed by atoms with Crippen LogP contribution in [-0.2, 0) is 28.7 Å². The van der Waals surface area contributed by atoms with E-state index in [9.17, 15) is 24.3 Å². The number of ketones is 1. The molecule has 0 aromatic carbocycles. The van der Waals surface area contributed by atoms with Gasteiger partial charge in [-0.1, -0.05) is 20.4 Å². The monoisotopic (exact) mass is 404 g/mol. The first-order chi connectivity index (χ1) is 13.5. The van der Waals surface area contributed by atoms with Crippen molar-refractivity contribution in [2.45, 2.75) is 58.7 Å². The first-order valence-corrected chi connectivity index (χ1v) is 10.2.